The average Bonchev–Trinajstić information content (AvgIpc) is 3.23. The number of amides is 2. The second kappa shape index (κ2) is 10.4. The van der Waals surface area contributed by atoms with Crippen LogP contribution in [0, 0.1) is 17.8 Å². The van der Waals surface area contributed by atoms with Crippen molar-refractivity contribution in [2.24, 2.45) is 17.8 Å². The molecule has 4 aliphatic rings. The largest absolute Gasteiger partial charge is 0.491 e. The Morgan fingerprint density at radius 3 is 2.46 bits per heavy atom. The highest BCUT2D eigenvalue weighted by atomic mass is 16.5. The van der Waals surface area contributed by atoms with Crippen LogP contribution in [-0.4, -0.2) is 58.9 Å². The smallest absolute Gasteiger partial charge is 0.488 e. The Morgan fingerprint density at radius 1 is 1.00 bits per heavy atom. The van der Waals surface area contributed by atoms with Crippen LogP contribution in [-0.2, 0) is 19.2 Å². The Kier molecular flexibility index (Phi) is 6.85. The number of ether oxygens (including phenoxy) is 1. The van der Waals surface area contributed by atoms with E-state index in [-0.39, 0.29) is 48.3 Å². The second-order valence-corrected chi connectivity index (χ2v) is 10.9. The first kappa shape index (κ1) is 27.1. The van der Waals surface area contributed by atoms with E-state index in [1.807, 2.05) is 18.2 Å². The number of hydrogen-bond acceptors (Lipinski definition) is 8. The van der Waals surface area contributed by atoms with Gasteiger partial charge in [0.05, 0.1) is 24.1 Å². The third-order valence-corrected chi connectivity index (χ3v) is 8.56. The molecule has 2 aromatic rings. The molecule has 208 valence electrons. The van der Waals surface area contributed by atoms with Gasteiger partial charge in [0, 0.05) is 22.6 Å². The molecular weight excluding hydrogens is 525 g/mol. The molecule has 0 spiro atoms. The first-order valence-corrected chi connectivity index (χ1v) is 13.6. The van der Waals surface area contributed by atoms with Gasteiger partial charge in [-0.2, -0.15) is 0 Å². The van der Waals surface area contributed by atoms with Crippen LogP contribution in [0.5, 0.6) is 5.75 Å². The average molecular weight is 553 g/mol. The van der Waals surface area contributed by atoms with Crippen molar-refractivity contribution in [3.05, 3.63) is 88.5 Å². The first-order chi connectivity index (χ1) is 19.7. The molecule has 3 N–H and O–H groups in total. The fourth-order valence-corrected chi connectivity index (χ4v) is 6.74. The molecule has 4 atom stereocenters. The highest BCUT2D eigenvalue weighted by Gasteiger charge is 2.56. The molecule has 41 heavy (non-hydrogen) atoms. The van der Waals surface area contributed by atoms with E-state index in [2.05, 4.69) is 0 Å². The zero-order valence-electron chi connectivity index (χ0n) is 22.3. The molecule has 9 nitrogen and oxygen atoms in total. The number of nitrogens with zero attached hydrogens (tertiary/aromatic N) is 1. The van der Waals surface area contributed by atoms with Crippen molar-refractivity contribution in [2.75, 3.05) is 18.1 Å². The molecule has 0 bridgehead atoms. The number of ketones is 2. The molecule has 0 aromatic heterocycles. The Balaban J connectivity index is 1.42. The van der Waals surface area contributed by atoms with E-state index < -0.39 is 36.7 Å². The molecule has 10 heteroatoms. The number of carbonyl (C=O) groups excluding carboxylic acids is 4. The number of Topliss-reactive ketones (excluding diaryl/α,β-unsaturated/α-hetero) is 1. The van der Waals surface area contributed by atoms with Crippen LogP contribution in [0.2, 0.25) is 0 Å². The molecule has 2 aromatic carbocycles. The number of rotatable bonds is 6. The van der Waals surface area contributed by atoms with Crippen molar-refractivity contribution < 1.29 is 39.1 Å². The number of allylic oxidation sites excluding steroid dienone is 6. The predicted molar refractivity (Wildman–Crippen MR) is 149 cm³/mol. The summed E-state index contributed by atoms with van der Waals surface area (Å²) >= 11 is 0. The molecular formula is C31H28BNO8. The Hall–Kier alpha value is -4.12. The fourth-order valence-electron chi connectivity index (χ4n) is 6.74. The zero-order valence-corrected chi connectivity index (χ0v) is 22.3. The molecule has 1 aliphatic heterocycles. The Labute approximate surface area is 236 Å². The van der Waals surface area contributed by atoms with Gasteiger partial charge in [0.1, 0.15) is 12.4 Å². The summed E-state index contributed by atoms with van der Waals surface area (Å²) < 4.78 is 5.50. The topological polar surface area (TPSA) is 141 Å². The predicted octanol–water partition coefficient (Wildman–Crippen LogP) is 1.37. The van der Waals surface area contributed by atoms with Gasteiger partial charge in [0.15, 0.2) is 11.6 Å². The lowest BCUT2D eigenvalue weighted by Crippen LogP contribution is -2.40. The molecule has 2 amide bonds. The Morgan fingerprint density at radius 2 is 1.76 bits per heavy atom. The summed E-state index contributed by atoms with van der Waals surface area (Å²) in [6.07, 6.45) is 3.77. The van der Waals surface area contributed by atoms with Gasteiger partial charge in [-0.05, 0) is 67.1 Å². The van der Waals surface area contributed by atoms with E-state index >= 15 is 0 Å². The minimum absolute atomic E-state index is 0.130. The summed E-state index contributed by atoms with van der Waals surface area (Å²) in [7, 11) is -1.76. The van der Waals surface area contributed by atoms with Crippen LogP contribution < -0.4 is 15.1 Å². The monoisotopic (exact) mass is 553 g/mol. The maximum atomic E-state index is 14.0. The summed E-state index contributed by atoms with van der Waals surface area (Å²) in [6.45, 7) is 1.63. The van der Waals surface area contributed by atoms with E-state index in [1.54, 1.807) is 31.2 Å². The highest BCUT2D eigenvalue weighted by Crippen LogP contribution is 2.55. The van der Waals surface area contributed by atoms with Crippen molar-refractivity contribution in [1.82, 2.24) is 0 Å². The normalized spacial score (nSPS) is 25.4. The number of anilines is 1. The minimum Gasteiger partial charge on any atom is -0.491 e. The van der Waals surface area contributed by atoms with Crippen molar-refractivity contribution in [3.8, 4) is 5.75 Å². The van der Waals surface area contributed by atoms with Crippen LogP contribution >= 0.6 is 0 Å². The highest BCUT2D eigenvalue weighted by molar-refractivity contribution is 6.58. The van der Waals surface area contributed by atoms with Crippen LogP contribution in [0.3, 0.4) is 0 Å². The lowest BCUT2D eigenvalue weighted by molar-refractivity contribution is -0.123. The van der Waals surface area contributed by atoms with Gasteiger partial charge in [-0.15, -0.1) is 0 Å². The van der Waals surface area contributed by atoms with E-state index in [0.717, 1.165) is 16.0 Å². The molecule has 1 saturated heterocycles. The van der Waals surface area contributed by atoms with E-state index in [1.165, 1.54) is 18.2 Å². The lowest BCUT2D eigenvalue weighted by Gasteiger charge is -2.42. The lowest BCUT2D eigenvalue weighted by atomic mass is 9.59. The van der Waals surface area contributed by atoms with Crippen molar-refractivity contribution in [1.29, 1.82) is 0 Å². The van der Waals surface area contributed by atoms with Crippen molar-refractivity contribution >= 4 is 41.6 Å². The number of imide groups is 1. The van der Waals surface area contributed by atoms with E-state index in [9.17, 15) is 29.2 Å². The number of carbonyl (C=O) groups is 4. The minimum atomic E-state index is -1.76. The van der Waals surface area contributed by atoms with Crippen LogP contribution in [0.1, 0.15) is 31.2 Å². The molecule has 6 rings (SSSR count). The molecule has 3 aliphatic carbocycles. The molecule has 1 fully saturated rings. The van der Waals surface area contributed by atoms with Crippen molar-refractivity contribution in [3.63, 3.8) is 0 Å². The standard InChI is InChI=1S/C31H28BNO8/c1-16-13-25(35)24-15-23-21(26(28(24)29(16)36)17-5-7-20(8-6-17)41-12-11-34)9-10-22-27(23)31(38)33(30(22)37)19-4-2-3-18(14-19)32(39)40/h2-9,13-14,22-23,26-27,34,39-40H,10-12,15H2,1H3. The van der Waals surface area contributed by atoms with Gasteiger partial charge < -0.3 is 19.9 Å². The number of hydrogen-bond donors (Lipinski definition) is 3. The first-order valence-electron chi connectivity index (χ1n) is 13.6. The molecule has 0 saturated carbocycles. The molecule has 1 heterocycles. The van der Waals surface area contributed by atoms with Gasteiger partial charge in [0.25, 0.3) is 0 Å². The van der Waals surface area contributed by atoms with Gasteiger partial charge in [-0.25, -0.2) is 0 Å². The number of aliphatic hydroxyl groups is 1. The molecule has 4 unspecified atom stereocenters. The maximum Gasteiger partial charge on any atom is 0.488 e. The van der Waals surface area contributed by atoms with Crippen LogP contribution in [0.15, 0.2) is 83.0 Å². The van der Waals surface area contributed by atoms with Gasteiger partial charge in [-0.3, -0.25) is 24.1 Å². The summed E-state index contributed by atoms with van der Waals surface area (Å²) in [5, 5.41) is 28.3. The summed E-state index contributed by atoms with van der Waals surface area (Å²) in [5.41, 5.74) is 3.17. The van der Waals surface area contributed by atoms with Crippen LogP contribution in [0.4, 0.5) is 5.69 Å². The Bertz CT molecular complexity index is 1570. The quantitative estimate of drug-likeness (QED) is 0.211. The van der Waals surface area contributed by atoms with Gasteiger partial charge in [-0.1, -0.05) is 35.9 Å². The fraction of sp³-hybridized carbons (Fsp3) is 0.290. The van der Waals surface area contributed by atoms with Gasteiger partial charge >= 0.3 is 7.12 Å². The van der Waals surface area contributed by atoms with E-state index in [0.29, 0.717) is 28.9 Å². The second-order valence-electron chi connectivity index (χ2n) is 10.9. The zero-order chi connectivity index (χ0) is 29.0. The third kappa shape index (κ3) is 4.39. The number of benzene rings is 2. The van der Waals surface area contributed by atoms with Crippen LogP contribution in [0.25, 0.3) is 0 Å². The number of aliphatic hydroxyl groups excluding tert-OH is 1. The number of fused-ring (bicyclic) bond motifs is 3. The maximum absolute atomic E-state index is 14.0. The van der Waals surface area contributed by atoms with E-state index in [4.69, 9.17) is 9.84 Å². The SMILES string of the molecule is CC1=CC(=O)C2=C(C1=O)C(c1ccc(OCCO)cc1)C1=CCC3C(=O)N(c4cccc(B(O)O)c4)C(=O)C3C1C2. The third-order valence-electron chi connectivity index (χ3n) is 8.56. The summed E-state index contributed by atoms with van der Waals surface area (Å²) in [5.74, 6) is -3.11. The summed E-state index contributed by atoms with van der Waals surface area (Å²) in [6, 6.07) is 13.2. The van der Waals surface area contributed by atoms with Gasteiger partial charge in [0.2, 0.25) is 11.8 Å². The van der Waals surface area contributed by atoms with Crippen molar-refractivity contribution in [2.45, 2.75) is 25.7 Å². The molecule has 0 radical (unpaired) electrons. The summed E-state index contributed by atoms with van der Waals surface area (Å²) in [4.78, 5) is 55.5.